The molecule has 8 heteroatoms. The molecule has 2 aromatic rings. The van der Waals surface area contributed by atoms with E-state index in [9.17, 15) is 4.79 Å². The summed E-state index contributed by atoms with van der Waals surface area (Å²) in [5.74, 6) is -0.137. The molecule has 0 fully saturated rings. The first kappa shape index (κ1) is 15.1. The molecule has 6 nitrogen and oxygen atoms in total. The summed E-state index contributed by atoms with van der Waals surface area (Å²) in [6.45, 7) is 5.11. The zero-order valence-corrected chi connectivity index (χ0v) is 13.6. The zero-order chi connectivity index (χ0) is 14.7. The number of nitrogens with zero attached hydrogens (tertiary/aromatic N) is 4. The van der Waals surface area contributed by atoms with Gasteiger partial charge in [-0.05, 0) is 29.8 Å². The molecule has 2 rings (SSSR count). The smallest absolute Gasteiger partial charge is 0.242 e. The van der Waals surface area contributed by atoms with E-state index in [0.717, 1.165) is 16.7 Å². The highest BCUT2D eigenvalue weighted by Gasteiger charge is 2.10. The maximum atomic E-state index is 11.8. The Morgan fingerprint density at radius 1 is 1.40 bits per heavy atom. The van der Waals surface area contributed by atoms with Gasteiger partial charge in [-0.1, -0.05) is 11.6 Å². The van der Waals surface area contributed by atoms with Crippen LogP contribution in [0.1, 0.15) is 18.3 Å². The van der Waals surface area contributed by atoms with Crippen molar-refractivity contribution in [3.63, 3.8) is 0 Å². The van der Waals surface area contributed by atoms with Gasteiger partial charge >= 0.3 is 0 Å². The third-order valence-corrected chi connectivity index (χ3v) is 3.79. The van der Waals surface area contributed by atoms with Gasteiger partial charge in [0.05, 0.1) is 27.4 Å². The van der Waals surface area contributed by atoms with E-state index in [1.165, 1.54) is 4.68 Å². The second-order valence-electron chi connectivity index (χ2n) is 4.32. The van der Waals surface area contributed by atoms with E-state index >= 15 is 0 Å². The summed E-state index contributed by atoms with van der Waals surface area (Å²) in [5.41, 5.74) is 1.51. The molecule has 2 heterocycles. The summed E-state index contributed by atoms with van der Waals surface area (Å²) in [6, 6.07) is 0. The molecule has 0 saturated heterocycles. The minimum atomic E-state index is -0.137. The monoisotopic (exact) mass is 359 g/mol. The molecule has 0 unspecified atom stereocenters. The number of nitrogens with one attached hydrogen (secondary N) is 1. The van der Waals surface area contributed by atoms with E-state index in [1.807, 2.05) is 17.8 Å². The Kier molecular flexibility index (Phi) is 4.82. The number of carbonyl (C=O) groups excluding carboxylic acids is 1. The van der Waals surface area contributed by atoms with Crippen LogP contribution in [0, 0.1) is 6.92 Å². The average molecular weight is 361 g/mol. The van der Waals surface area contributed by atoms with E-state index in [2.05, 4.69) is 31.4 Å². The average Bonchev–Trinajstić information content (AvgIpc) is 2.90. The van der Waals surface area contributed by atoms with Gasteiger partial charge in [-0.3, -0.25) is 14.2 Å². The van der Waals surface area contributed by atoms with Crippen molar-refractivity contribution in [1.29, 1.82) is 0 Å². The van der Waals surface area contributed by atoms with Gasteiger partial charge in [0.2, 0.25) is 5.91 Å². The molecular formula is C12H15BrClN5O. The van der Waals surface area contributed by atoms with Crippen molar-refractivity contribution in [3.8, 4) is 0 Å². The number of halogens is 2. The summed E-state index contributed by atoms with van der Waals surface area (Å²) in [4.78, 5) is 11.8. The number of hydrogen-bond donors (Lipinski definition) is 1. The summed E-state index contributed by atoms with van der Waals surface area (Å²) in [6.07, 6.45) is 3.52. The Labute approximate surface area is 130 Å². The van der Waals surface area contributed by atoms with Gasteiger partial charge in [-0.25, -0.2) is 0 Å². The van der Waals surface area contributed by atoms with Crippen LogP contribution < -0.4 is 5.32 Å². The Balaban J connectivity index is 1.90. The first-order valence-corrected chi connectivity index (χ1v) is 7.34. The molecule has 0 aliphatic rings. The van der Waals surface area contributed by atoms with Gasteiger partial charge in [-0.2, -0.15) is 10.2 Å². The first-order chi connectivity index (χ1) is 9.49. The number of aromatic nitrogens is 4. The lowest BCUT2D eigenvalue weighted by molar-refractivity contribution is -0.122. The molecule has 108 valence electrons. The molecular weight excluding hydrogens is 346 g/mol. The molecule has 0 radical (unpaired) electrons. The number of carbonyl (C=O) groups is 1. The van der Waals surface area contributed by atoms with Crippen molar-refractivity contribution in [2.45, 2.75) is 33.5 Å². The maximum absolute atomic E-state index is 11.8. The predicted molar refractivity (Wildman–Crippen MR) is 79.4 cm³/mol. The van der Waals surface area contributed by atoms with E-state index in [0.29, 0.717) is 17.3 Å². The maximum Gasteiger partial charge on any atom is 0.242 e. The molecule has 1 amide bonds. The third-order valence-electron chi connectivity index (χ3n) is 2.76. The van der Waals surface area contributed by atoms with Crippen LogP contribution in [0.2, 0.25) is 5.02 Å². The normalized spacial score (nSPS) is 10.8. The summed E-state index contributed by atoms with van der Waals surface area (Å²) < 4.78 is 4.21. The van der Waals surface area contributed by atoms with Crippen LogP contribution in [-0.4, -0.2) is 25.5 Å². The molecule has 0 aliphatic heterocycles. The standard InChI is InChI=1S/C12H15BrClN5O/c1-3-18-5-9(13)11(17-18)4-15-12(20)7-19-6-10(14)8(2)16-19/h5-6H,3-4,7H2,1-2H3,(H,15,20). The van der Waals surface area contributed by atoms with Crippen LogP contribution in [0.5, 0.6) is 0 Å². The lowest BCUT2D eigenvalue weighted by Crippen LogP contribution is -2.27. The lowest BCUT2D eigenvalue weighted by atomic mass is 10.4. The van der Waals surface area contributed by atoms with Crippen molar-refractivity contribution >= 4 is 33.4 Å². The van der Waals surface area contributed by atoms with E-state index in [4.69, 9.17) is 11.6 Å². The Bertz CT molecular complexity index is 602. The van der Waals surface area contributed by atoms with E-state index in [-0.39, 0.29) is 12.5 Å². The minimum Gasteiger partial charge on any atom is -0.349 e. The number of rotatable bonds is 5. The fraction of sp³-hybridized carbons (Fsp3) is 0.417. The Morgan fingerprint density at radius 2 is 2.15 bits per heavy atom. The summed E-state index contributed by atoms with van der Waals surface area (Å²) in [7, 11) is 0. The van der Waals surface area contributed by atoms with Crippen LogP contribution in [-0.2, 0) is 24.4 Å². The van der Waals surface area contributed by atoms with E-state index < -0.39 is 0 Å². The molecule has 0 atom stereocenters. The van der Waals surface area contributed by atoms with Crippen LogP contribution in [0.15, 0.2) is 16.9 Å². The fourth-order valence-corrected chi connectivity index (χ4v) is 2.28. The quantitative estimate of drug-likeness (QED) is 0.888. The van der Waals surface area contributed by atoms with Crippen LogP contribution in [0.25, 0.3) is 0 Å². The van der Waals surface area contributed by atoms with Crippen LogP contribution in [0.4, 0.5) is 0 Å². The van der Waals surface area contributed by atoms with Gasteiger partial charge in [0.1, 0.15) is 6.54 Å². The van der Waals surface area contributed by atoms with Gasteiger partial charge in [-0.15, -0.1) is 0 Å². The summed E-state index contributed by atoms with van der Waals surface area (Å²) in [5, 5.41) is 11.8. The van der Waals surface area contributed by atoms with Crippen LogP contribution in [0.3, 0.4) is 0 Å². The highest BCUT2D eigenvalue weighted by atomic mass is 79.9. The highest BCUT2D eigenvalue weighted by Crippen LogP contribution is 2.14. The van der Waals surface area contributed by atoms with Crippen molar-refractivity contribution in [2.75, 3.05) is 0 Å². The van der Waals surface area contributed by atoms with Crippen molar-refractivity contribution in [1.82, 2.24) is 24.9 Å². The molecule has 0 bridgehead atoms. The molecule has 0 aromatic carbocycles. The second kappa shape index (κ2) is 6.41. The molecule has 1 N–H and O–H groups in total. The molecule has 2 aromatic heterocycles. The largest absolute Gasteiger partial charge is 0.349 e. The Morgan fingerprint density at radius 3 is 2.70 bits per heavy atom. The molecule has 0 saturated carbocycles. The van der Waals surface area contributed by atoms with Crippen molar-refractivity contribution < 1.29 is 4.79 Å². The number of aryl methyl sites for hydroxylation is 2. The Hall–Kier alpha value is -1.34. The van der Waals surface area contributed by atoms with Gasteiger partial charge in [0.15, 0.2) is 0 Å². The SMILES string of the molecule is CCn1cc(Br)c(CNC(=O)Cn2cc(Cl)c(C)n2)n1. The second-order valence-corrected chi connectivity index (χ2v) is 5.58. The van der Waals surface area contributed by atoms with Gasteiger partial charge in [0, 0.05) is 18.9 Å². The molecule has 0 aliphatic carbocycles. The molecule has 20 heavy (non-hydrogen) atoms. The summed E-state index contributed by atoms with van der Waals surface area (Å²) >= 11 is 9.31. The number of amides is 1. The third kappa shape index (κ3) is 3.61. The molecule has 0 spiro atoms. The predicted octanol–water partition coefficient (Wildman–Crippen LogP) is 2.14. The van der Waals surface area contributed by atoms with Crippen LogP contribution >= 0.6 is 27.5 Å². The van der Waals surface area contributed by atoms with E-state index in [1.54, 1.807) is 13.1 Å². The lowest BCUT2D eigenvalue weighted by Gasteiger charge is -2.04. The minimum absolute atomic E-state index is 0.137. The van der Waals surface area contributed by atoms with Crippen molar-refractivity contribution in [2.24, 2.45) is 0 Å². The van der Waals surface area contributed by atoms with Gasteiger partial charge < -0.3 is 5.32 Å². The fourth-order valence-electron chi connectivity index (χ4n) is 1.68. The highest BCUT2D eigenvalue weighted by molar-refractivity contribution is 9.10. The first-order valence-electron chi connectivity index (χ1n) is 6.17. The number of hydrogen-bond acceptors (Lipinski definition) is 3. The topological polar surface area (TPSA) is 64.7 Å². The van der Waals surface area contributed by atoms with Gasteiger partial charge in [0.25, 0.3) is 0 Å². The van der Waals surface area contributed by atoms with Crippen molar-refractivity contribution in [3.05, 3.63) is 33.3 Å². The zero-order valence-electron chi connectivity index (χ0n) is 11.2.